The number of hydrogen-bond acceptors (Lipinski definition) is 5. The number of carbonyl (C=O) groups is 2. The minimum atomic E-state index is -0.254. The van der Waals surface area contributed by atoms with Gasteiger partial charge in [0.1, 0.15) is 5.75 Å². The Labute approximate surface area is 135 Å². The first-order valence-electron chi connectivity index (χ1n) is 8.11. The maximum Gasteiger partial charge on any atom is 0.317 e. The van der Waals surface area contributed by atoms with Gasteiger partial charge in [-0.15, -0.1) is 0 Å². The van der Waals surface area contributed by atoms with E-state index in [0.717, 1.165) is 17.7 Å². The van der Waals surface area contributed by atoms with Crippen molar-refractivity contribution in [2.45, 2.75) is 45.7 Å². The van der Waals surface area contributed by atoms with Crippen LogP contribution in [0.1, 0.15) is 32.8 Å². The fourth-order valence-electron chi connectivity index (χ4n) is 3.25. The molecule has 0 aromatic heterocycles. The Morgan fingerprint density at radius 2 is 2.04 bits per heavy atom. The number of amides is 1. The normalized spacial score (nSPS) is 26.8. The number of benzene rings is 1. The van der Waals surface area contributed by atoms with Crippen molar-refractivity contribution in [1.82, 2.24) is 10.9 Å². The van der Waals surface area contributed by atoms with Gasteiger partial charge in [0.25, 0.3) is 0 Å². The molecule has 2 aliphatic rings. The van der Waals surface area contributed by atoms with Crippen molar-refractivity contribution in [1.29, 1.82) is 0 Å². The highest BCUT2D eigenvalue weighted by Crippen LogP contribution is 2.29. The molecule has 0 radical (unpaired) electrons. The summed E-state index contributed by atoms with van der Waals surface area (Å²) < 4.78 is 5.58. The van der Waals surface area contributed by atoms with Crippen molar-refractivity contribution in [3.63, 3.8) is 0 Å². The highest BCUT2D eigenvalue weighted by Gasteiger charge is 2.41. The molecule has 6 nitrogen and oxygen atoms in total. The van der Waals surface area contributed by atoms with Crippen LogP contribution in [0, 0.1) is 11.8 Å². The van der Waals surface area contributed by atoms with Crippen LogP contribution in [0.15, 0.2) is 18.2 Å². The number of fused-ring (bicyclic) bond motifs is 1. The first-order chi connectivity index (χ1) is 11.0. The Bertz CT molecular complexity index is 630. The molecule has 1 aromatic rings. The Hall–Kier alpha value is -1.92. The molecule has 3 atom stereocenters. The predicted molar refractivity (Wildman–Crippen MR) is 86.9 cm³/mol. The maximum absolute atomic E-state index is 12.6. The van der Waals surface area contributed by atoms with Gasteiger partial charge in [-0.3, -0.25) is 20.4 Å². The van der Waals surface area contributed by atoms with E-state index in [9.17, 15) is 9.59 Å². The van der Waals surface area contributed by atoms with E-state index in [0.29, 0.717) is 18.1 Å². The summed E-state index contributed by atoms with van der Waals surface area (Å²) in [5.74, 6) is 0.278. The molecule has 23 heavy (non-hydrogen) atoms. The van der Waals surface area contributed by atoms with E-state index in [1.807, 2.05) is 13.0 Å². The standard InChI is InChI=1S/C17H23N3O3/c1-9(2)16-15(10(3)19-20-16)17(22)23-12-6-4-11-5-7-14(21)18-13(11)8-12/h4,6,8-10,15-16,19-20H,5,7H2,1-3H3,(H,18,21). The molecule has 2 heterocycles. The van der Waals surface area contributed by atoms with Gasteiger partial charge < -0.3 is 10.1 Å². The van der Waals surface area contributed by atoms with Crippen LogP contribution in [0.4, 0.5) is 5.69 Å². The van der Waals surface area contributed by atoms with Gasteiger partial charge in [-0.2, -0.15) is 0 Å². The molecule has 1 saturated heterocycles. The van der Waals surface area contributed by atoms with Crippen molar-refractivity contribution in [3.05, 3.63) is 23.8 Å². The lowest BCUT2D eigenvalue weighted by atomic mass is 9.88. The summed E-state index contributed by atoms with van der Waals surface area (Å²) in [7, 11) is 0. The number of anilines is 1. The summed E-state index contributed by atoms with van der Waals surface area (Å²) in [5, 5.41) is 2.82. The fraction of sp³-hybridized carbons (Fsp3) is 0.529. The highest BCUT2D eigenvalue weighted by atomic mass is 16.5. The number of ether oxygens (including phenoxy) is 1. The van der Waals surface area contributed by atoms with E-state index in [1.54, 1.807) is 12.1 Å². The second kappa shape index (κ2) is 6.29. The molecule has 1 amide bonds. The molecule has 6 heteroatoms. The molecule has 0 saturated carbocycles. The second-order valence-electron chi connectivity index (χ2n) is 6.66. The van der Waals surface area contributed by atoms with Crippen LogP contribution in [-0.4, -0.2) is 24.0 Å². The third kappa shape index (κ3) is 3.23. The second-order valence-corrected chi connectivity index (χ2v) is 6.66. The van der Waals surface area contributed by atoms with Gasteiger partial charge in [0.05, 0.1) is 5.92 Å². The summed E-state index contributed by atoms with van der Waals surface area (Å²) >= 11 is 0. The first kappa shape index (κ1) is 16.0. The molecule has 124 valence electrons. The zero-order valence-electron chi connectivity index (χ0n) is 13.7. The molecule has 3 N–H and O–H groups in total. The van der Waals surface area contributed by atoms with Crippen LogP contribution in [0.3, 0.4) is 0 Å². The summed E-state index contributed by atoms with van der Waals surface area (Å²) in [5.41, 5.74) is 8.10. The van der Waals surface area contributed by atoms with Crippen LogP contribution < -0.4 is 20.9 Å². The number of hydrogen-bond donors (Lipinski definition) is 3. The summed E-state index contributed by atoms with van der Waals surface area (Å²) in [4.78, 5) is 24.1. The van der Waals surface area contributed by atoms with E-state index in [-0.39, 0.29) is 29.9 Å². The molecule has 3 rings (SSSR count). The summed E-state index contributed by atoms with van der Waals surface area (Å²) in [6.07, 6.45) is 1.22. The lowest BCUT2D eigenvalue weighted by molar-refractivity contribution is -0.140. The van der Waals surface area contributed by atoms with Crippen molar-refractivity contribution in [2.24, 2.45) is 11.8 Å². The molecule has 0 spiro atoms. The minimum Gasteiger partial charge on any atom is -0.426 e. The minimum absolute atomic E-state index is 0.00124. The first-order valence-corrected chi connectivity index (χ1v) is 8.11. The van der Waals surface area contributed by atoms with E-state index < -0.39 is 0 Å². The Kier molecular flexibility index (Phi) is 4.37. The number of esters is 1. The van der Waals surface area contributed by atoms with Crippen LogP contribution in [0.5, 0.6) is 5.75 Å². The van der Waals surface area contributed by atoms with Crippen molar-refractivity contribution in [2.75, 3.05) is 5.32 Å². The molecule has 2 aliphatic heterocycles. The van der Waals surface area contributed by atoms with Crippen molar-refractivity contribution in [3.8, 4) is 5.75 Å². The average Bonchev–Trinajstić information content (AvgIpc) is 2.89. The van der Waals surface area contributed by atoms with Gasteiger partial charge in [-0.25, -0.2) is 0 Å². The largest absolute Gasteiger partial charge is 0.426 e. The van der Waals surface area contributed by atoms with E-state index in [4.69, 9.17) is 4.74 Å². The lowest BCUT2D eigenvalue weighted by Gasteiger charge is -2.23. The average molecular weight is 317 g/mol. The molecular weight excluding hydrogens is 294 g/mol. The molecule has 1 aromatic carbocycles. The van der Waals surface area contributed by atoms with E-state index >= 15 is 0 Å². The third-order valence-electron chi connectivity index (χ3n) is 4.59. The zero-order valence-corrected chi connectivity index (χ0v) is 13.7. The zero-order chi connectivity index (χ0) is 16.6. The quantitative estimate of drug-likeness (QED) is 0.583. The molecule has 1 fully saturated rings. The smallest absolute Gasteiger partial charge is 0.317 e. The number of aryl methyl sites for hydroxylation is 1. The number of rotatable bonds is 3. The van der Waals surface area contributed by atoms with Gasteiger partial charge in [0.2, 0.25) is 5.91 Å². The van der Waals surface area contributed by atoms with E-state index in [1.165, 1.54) is 0 Å². The highest BCUT2D eigenvalue weighted by molar-refractivity contribution is 5.94. The molecule has 0 aliphatic carbocycles. The van der Waals surface area contributed by atoms with Crippen LogP contribution in [0.2, 0.25) is 0 Å². The SMILES string of the molecule is CC(C)C1NNC(C)C1C(=O)Oc1ccc2c(c1)NC(=O)CC2. The van der Waals surface area contributed by atoms with Crippen molar-refractivity contribution < 1.29 is 14.3 Å². The van der Waals surface area contributed by atoms with Gasteiger partial charge in [-0.1, -0.05) is 19.9 Å². The predicted octanol–water partition coefficient (Wildman–Crippen LogP) is 1.61. The summed E-state index contributed by atoms with van der Waals surface area (Å²) in [6.45, 7) is 6.12. The van der Waals surface area contributed by atoms with Crippen molar-refractivity contribution >= 4 is 17.6 Å². The Morgan fingerprint density at radius 1 is 1.26 bits per heavy atom. The lowest BCUT2D eigenvalue weighted by Crippen LogP contribution is -2.40. The molecular formula is C17H23N3O3. The van der Waals surface area contributed by atoms with Gasteiger partial charge in [0.15, 0.2) is 0 Å². The maximum atomic E-state index is 12.6. The topological polar surface area (TPSA) is 79.5 Å². The number of hydrazine groups is 1. The van der Waals surface area contributed by atoms with Gasteiger partial charge in [0, 0.05) is 30.3 Å². The number of nitrogens with one attached hydrogen (secondary N) is 3. The number of carbonyl (C=O) groups excluding carboxylic acids is 2. The van der Waals surface area contributed by atoms with Crippen LogP contribution >= 0.6 is 0 Å². The van der Waals surface area contributed by atoms with Crippen LogP contribution in [-0.2, 0) is 16.0 Å². The summed E-state index contributed by atoms with van der Waals surface area (Å²) in [6, 6.07) is 5.47. The monoisotopic (exact) mass is 317 g/mol. The van der Waals surface area contributed by atoms with Crippen LogP contribution in [0.25, 0.3) is 0 Å². The Morgan fingerprint density at radius 3 is 2.78 bits per heavy atom. The third-order valence-corrected chi connectivity index (χ3v) is 4.59. The van der Waals surface area contributed by atoms with Gasteiger partial charge in [-0.05, 0) is 30.9 Å². The fourth-order valence-corrected chi connectivity index (χ4v) is 3.25. The molecule has 0 bridgehead atoms. The molecule has 3 unspecified atom stereocenters. The van der Waals surface area contributed by atoms with Gasteiger partial charge >= 0.3 is 5.97 Å². The Balaban J connectivity index is 1.75. The van der Waals surface area contributed by atoms with E-state index in [2.05, 4.69) is 30.0 Å².